The van der Waals surface area contributed by atoms with Gasteiger partial charge in [0.05, 0.1) is 22.9 Å². The van der Waals surface area contributed by atoms with Gasteiger partial charge in [0.15, 0.2) is 23.1 Å². The van der Waals surface area contributed by atoms with Crippen LogP contribution in [-0.4, -0.2) is 49.4 Å². The van der Waals surface area contributed by atoms with E-state index in [-0.39, 0.29) is 23.6 Å². The summed E-state index contributed by atoms with van der Waals surface area (Å²) in [6.45, 7) is 7.64. The van der Waals surface area contributed by atoms with Crippen LogP contribution in [0.4, 0.5) is 0 Å². The highest BCUT2D eigenvalue weighted by molar-refractivity contribution is 14.1. The Balaban J connectivity index is 1.92. The molecule has 2 aliphatic carbocycles. The summed E-state index contributed by atoms with van der Waals surface area (Å²) >= 11 is 2.28. The number of nitrogens with zero attached hydrogens (tertiary/aromatic N) is 1. The summed E-state index contributed by atoms with van der Waals surface area (Å²) in [6.07, 6.45) is 4.42. The van der Waals surface area contributed by atoms with Gasteiger partial charge >= 0.3 is 0 Å². The lowest BCUT2D eigenvalue weighted by Gasteiger charge is -2.44. The van der Waals surface area contributed by atoms with Crippen LogP contribution >= 0.6 is 22.6 Å². The number of carbonyl (C=O) groups excluding carboxylic acids is 2. The van der Waals surface area contributed by atoms with Crippen LogP contribution in [0, 0.1) is 3.57 Å². The van der Waals surface area contributed by atoms with Crippen molar-refractivity contribution in [2.75, 3.05) is 26.9 Å². The van der Waals surface area contributed by atoms with Crippen molar-refractivity contribution in [2.24, 2.45) is 0 Å². The zero-order valence-corrected chi connectivity index (χ0v) is 22.7. The molecule has 0 radical (unpaired) electrons. The van der Waals surface area contributed by atoms with Gasteiger partial charge in [0.2, 0.25) is 0 Å². The maximum atomic E-state index is 13.4. The van der Waals surface area contributed by atoms with Crippen LogP contribution in [0.5, 0.6) is 11.5 Å². The van der Waals surface area contributed by atoms with Crippen LogP contribution in [0.2, 0.25) is 0 Å². The van der Waals surface area contributed by atoms with Gasteiger partial charge in [-0.25, -0.2) is 0 Å². The molecule has 0 fully saturated rings. The van der Waals surface area contributed by atoms with Gasteiger partial charge < -0.3 is 19.1 Å². The van der Waals surface area contributed by atoms with E-state index < -0.39 is 0 Å². The van der Waals surface area contributed by atoms with Crippen LogP contribution in [0.15, 0.2) is 34.7 Å². The molecule has 1 heterocycles. The number of halogens is 1. The molecule has 1 aliphatic heterocycles. The van der Waals surface area contributed by atoms with Gasteiger partial charge in [-0.1, -0.05) is 0 Å². The van der Waals surface area contributed by atoms with Gasteiger partial charge in [-0.3, -0.25) is 9.59 Å². The minimum Gasteiger partial charge on any atom is -0.490 e. The number of rotatable bonds is 8. The highest BCUT2D eigenvalue weighted by Gasteiger charge is 2.43. The third-order valence-electron chi connectivity index (χ3n) is 6.62. The minimum absolute atomic E-state index is 0.00561. The fourth-order valence-electron chi connectivity index (χ4n) is 5.37. The summed E-state index contributed by atoms with van der Waals surface area (Å²) in [4.78, 5) is 29.1. The fourth-order valence-corrected chi connectivity index (χ4v) is 6.12. The van der Waals surface area contributed by atoms with Crippen LogP contribution in [0.25, 0.3) is 0 Å². The molecule has 7 heteroatoms. The second-order valence-electron chi connectivity index (χ2n) is 9.28. The first-order valence-corrected chi connectivity index (χ1v) is 13.4. The number of hydrogen-bond donors (Lipinski definition) is 0. The third-order valence-corrected chi connectivity index (χ3v) is 7.43. The maximum Gasteiger partial charge on any atom is 0.174 e. The van der Waals surface area contributed by atoms with E-state index in [1.54, 1.807) is 7.11 Å². The molecule has 0 bridgehead atoms. The van der Waals surface area contributed by atoms with Gasteiger partial charge in [0.1, 0.15) is 0 Å². The smallest absolute Gasteiger partial charge is 0.174 e. The van der Waals surface area contributed by atoms with E-state index in [2.05, 4.69) is 33.6 Å². The zero-order chi connectivity index (χ0) is 24.4. The van der Waals surface area contributed by atoms with Gasteiger partial charge in [0.25, 0.3) is 0 Å². The molecule has 1 aromatic rings. The summed E-state index contributed by atoms with van der Waals surface area (Å²) in [5.41, 5.74) is 4.64. The van der Waals surface area contributed by atoms with Crippen LogP contribution in [0.1, 0.15) is 70.8 Å². The average molecular weight is 579 g/mol. The molecular weight excluding hydrogens is 545 g/mol. The summed E-state index contributed by atoms with van der Waals surface area (Å²) in [5, 5.41) is 0. The number of ketones is 2. The minimum atomic E-state index is -0.356. The molecule has 0 unspecified atom stereocenters. The monoisotopic (exact) mass is 579 g/mol. The van der Waals surface area contributed by atoms with Crippen molar-refractivity contribution in [1.82, 2.24) is 4.90 Å². The molecule has 0 atom stereocenters. The molecule has 0 amide bonds. The third kappa shape index (κ3) is 4.78. The average Bonchev–Trinajstić information content (AvgIpc) is 2.79. The second-order valence-corrected chi connectivity index (χ2v) is 10.4. The molecule has 1 aromatic carbocycles. The first-order chi connectivity index (χ1) is 16.4. The molecule has 3 aliphatic rings. The molecular formula is C27H34INO5. The lowest BCUT2D eigenvalue weighted by molar-refractivity contribution is -0.117. The predicted octanol–water partition coefficient (Wildman–Crippen LogP) is 5.54. The first kappa shape index (κ1) is 25.2. The quantitative estimate of drug-likeness (QED) is 0.377. The molecule has 4 rings (SSSR count). The van der Waals surface area contributed by atoms with Crippen LogP contribution in [-0.2, 0) is 14.3 Å². The largest absolute Gasteiger partial charge is 0.490 e. The molecule has 0 spiro atoms. The van der Waals surface area contributed by atoms with Gasteiger partial charge in [0, 0.05) is 55.0 Å². The number of ether oxygens (including phenoxy) is 3. The molecule has 0 saturated carbocycles. The highest BCUT2D eigenvalue weighted by Crippen LogP contribution is 2.50. The molecule has 0 N–H and O–H groups in total. The molecule has 0 aromatic heterocycles. The number of Topliss-reactive ketones (excluding diaryl/α,β-unsaturated/α-hetero) is 2. The SMILES string of the molecule is CCOc1cc(C2C3=C(CCCC3=O)N(CCOC)C3=C2C(=O)CCC3)cc(I)c1OC(C)C. The number of carbonyl (C=O) groups is 2. The first-order valence-electron chi connectivity index (χ1n) is 12.3. The molecule has 6 nitrogen and oxygen atoms in total. The van der Waals surface area contributed by atoms with Crippen molar-refractivity contribution in [3.63, 3.8) is 0 Å². The van der Waals surface area contributed by atoms with E-state index in [1.165, 1.54) is 0 Å². The Kier molecular flexibility index (Phi) is 8.02. The van der Waals surface area contributed by atoms with Crippen molar-refractivity contribution < 1.29 is 23.8 Å². The van der Waals surface area contributed by atoms with Crippen molar-refractivity contribution in [3.05, 3.63) is 43.8 Å². The van der Waals surface area contributed by atoms with Crippen molar-refractivity contribution in [3.8, 4) is 11.5 Å². The number of methoxy groups -OCH3 is 1. The van der Waals surface area contributed by atoms with E-state index >= 15 is 0 Å². The zero-order valence-electron chi connectivity index (χ0n) is 20.5. The Hall–Kier alpha value is -1.87. The van der Waals surface area contributed by atoms with Gasteiger partial charge in [-0.2, -0.15) is 0 Å². The van der Waals surface area contributed by atoms with Crippen LogP contribution in [0.3, 0.4) is 0 Å². The fraction of sp³-hybridized carbons (Fsp3) is 0.556. The van der Waals surface area contributed by atoms with E-state index in [1.807, 2.05) is 26.8 Å². The van der Waals surface area contributed by atoms with Crippen molar-refractivity contribution >= 4 is 34.2 Å². The van der Waals surface area contributed by atoms with Gasteiger partial charge in [-0.05, 0) is 86.7 Å². The topological polar surface area (TPSA) is 65.1 Å². The molecule has 0 saturated heterocycles. The van der Waals surface area contributed by atoms with E-state index in [4.69, 9.17) is 14.2 Å². The Morgan fingerprint density at radius 3 is 2.18 bits per heavy atom. The predicted molar refractivity (Wildman–Crippen MR) is 139 cm³/mol. The number of allylic oxidation sites excluding steroid dienone is 4. The van der Waals surface area contributed by atoms with Gasteiger partial charge in [-0.15, -0.1) is 0 Å². The number of hydrogen-bond acceptors (Lipinski definition) is 6. The highest BCUT2D eigenvalue weighted by atomic mass is 127. The van der Waals surface area contributed by atoms with E-state index in [0.29, 0.717) is 44.1 Å². The van der Waals surface area contributed by atoms with Crippen molar-refractivity contribution in [1.29, 1.82) is 0 Å². The summed E-state index contributed by atoms with van der Waals surface area (Å²) < 4.78 is 18.4. The molecule has 184 valence electrons. The second kappa shape index (κ2) is 10.8. The van der Waals surface area contributed by atoms with Crippen molar-refractivity contribution in [2.45, 2.75) is 71.3 Å². The summed E-state index contributed by atoms with van der Waals surface area (Å²) in [6, 6.07) is 4.05. The maximum absolute atomic E-state index is 13.4. The summed E-state index contributed by atoms with van der Waals surface area (Å²) in [5.74, 6) is 1.32. The Bertz CT molecular complexity index is 998. The normalized spacial score (nSPS) is 19.1. The Morgan fingerprint density at radius 2 is 1.65 bits per heavy atom. The lowest BCUT2D eigenvalue weighted by atomic mass is 9.71. The van der Waals surface area contributed by atoms with E-state index in [9.17, 15) is 9.59 Å². The Labute approximate surface area is 215 Å². The molecule has 34 heavy (non-hydrogen) atoms. The Morgan fingerprint density at radius 1 is 1.03 bits per heavy atom. The summed E-state index contributed by atoms with van der Waals surface area (Å²) in [7, 11) is 1.69. The standard InChI is InChI=1S/C27H34INO5/c1-5-33-23-15-17(14-18(28)27(23)34-16(2)3)24-25-19(8-6-10-21(25)30)29(12-13-32-4)20-9-7-11-22(31)26(20)24/h14-16,24H,5-13H2,1-4H3. The lowest BCUT2D eigenvalue weighted by Crippen LogP contribution is -2.40. The van der Waals surface area contributed by atoms with E-state index in [0.717, 1.165) is 57.4 Å². The van der Waals surface area contributed by atoms with Crippen LogP contribution < -0.4 is 9.47 Å². The number of benzene rings is 1.